The van der Waals surface area contributed by atoms with Gasteiger partial charge in [0.15, 0.2) is 0 Å². The van der Waals surface area contributed by atoms with Crippen LogP contribution in [0.25, 0.3) is 10.9 Å². The number of aromatic amines is 1. The van der Waals surface area contributed by atoms with E-state index in [2.05, 4.69) is 17.1 Å². The second-order valence-electron chi connectivity index (χ2n) is 6.17. The van der Waals surface area contributed by atoms with Crippen molar-refractivity contribution in [3.63, 3.8) is 0 Å². The van der Waals surface area contributed by atoms with Crippen molar-refractivity contribution >= 4 is 16.8 Å². The molecule has 0 fully saturated rings. The van der Waals surface area contributed by atoms with Gasteiger partial charge in [-0.1, -0.05) is 18.2 Å². The van der Waals surface area contributed by atoms with E-state index >= 15 is 0 Å². The molecule has 1 aromatic heterocycles. The smallest absolute Gasteiger partial charge is 0.258 e. The van der Waals surface area contributed by atoms with Gasteiger partial charge in [-0.25, -0.2) is 0 Å². The first-order valence-electron chi connectivity index (χ1n) is 8.31. The lowest BCUT2D eigenvalue weighted by Crippen LogP contribution is -2.36. The number of H-pyrrole nitrogens is 1. The molecule has 4 rings (SSSR count). The van der Waals surface area contributed by atoms with Crippen LogP contribution in [-0.4, -0.2) is 36.6 Å². The number of carbonyl (C=O) groups excluding carboxylic acids is 1. The van der Waals surface area contributed by atoms with Crippen molar-refractivity contribution in [3.8, 4) is 11.5 Å². The lowest BCUT2D eigenvalue weighted by atomic mass is 10.0. The maximum atomic E-state index is 13.1. The van der Waals surface area contributed by atoms with Crippen LogP contribution in [0.15, 0.2) is 42.5 Å². The van der Waals surface area contributed by atoms with Gasteiger partial charge < -0.3 is 19.4 Å². The summed E-state index contributed by atoms with van der Waals surface area (Å²) in [4.78, 5) is 18.4. The van der Waals surface area contributed by atoms with E-state index in [-0.39, 0.29) is 5.91 Å². The Morgan fingerprint density at radius 2 is 1.96 bits per heavy atom. The van der Waals surface area contributed by atoms with Crippen molar-refractivity contribution in [2.24, 2.45) is 0 Å². The number of rotatable bonds is 3. The van der Waals surface area contributed by atoms with Crippen LogP contribution in [0.4, 0.5) is 0 Å². The number of nitrogens with zero attached hydrogens (tertiary/aromatic N) is 1. The third kappa shape index (κ3) is 2.61. The molecule has 1 aliphatic rings. The first kappa shape index (κ1) is 15.6. The highest BCUT2D eigenvalue weighted by molar-refractivity contribution is 5.98. The van der Waals surface area contributed by atoms with Crippen LogP contribution < -0.4 is 9.47 Å². The minimum Gasteiger partial charge on any atom is -0.497 e. The highest BCUT2D eigenvalue weighted by Crippen LogP contribution is 2.30. The fraction of sp³-hybridized carbons (Fsp3) is 0.250. The zero-order valence-corrected chi connectivity index (χ0v) is 14.3. The second kappa shape index (κ2) is 6.16. The molecule has 0 radical (unpaired) electrons. The molecule has 2 heterocycles. The molecule has 0 bridgehead atoms. The van der Waals surface area contributed by atoms with Gasteiger partial charge in [-0.15, -0.1) is 0 Å². The quantitative estimate of drug-likeness (QED) is 0.798. The first-order chi connectivity index (χ1) is 12.2. The number of aromatic nitrogens is 1. The maximum Gasteiger partial charge on any atom is 0.258 e. The molecule has 0 saturated carbocycles. The van der Waals surface area contributed by atoms with Gasteiger partial charge in [-0.05, 0) is 24.3 Å². The van der Waals surface area contributed by atoms with Crippen molar-refractivity contribution in [1.82, 2.24) is 9.88 Å². The lowest BCUT2D eigenvalue weighted by molar-refractivity contribution is 0.0731. The number of hydrogen-bond acceptors (Lipinski definition) is 3. The van der Waals surface area contributed by atoms with E-state index in [0.717, 1.165) is 11.9 Å². The summed E-state index contributed by atoms with van der Waals surface area (Å²) in [6.07, 6.45) is 0.821. The fourth-order valence-electron chi connectivity index (χ4n) is 3.49. The molecule has 25 heavy (non-hydrogen) atoms. The van der Waals surface area contributed by atoms with Crippen molar-refractivity contribution in [3.05, 3.63) is 59.3 Å². The largest absolute Gasteiger partial charge is 0.497 e. The SMILES string of the molecule is COc1ccc(OC)c(C(=O)N2CCc3[nH]c4ccccc4c3C2)c1. The number of nitrogens with one attached hydrogen (secondary N) is 1. The highest BCUT2D eigenvalue weighted by atomic mass is 16.5. The maximum absolute atomic E-state index is 13.1. The van der Waals surface area contributed by atoms with Crippen molar-refractivity contribution < 1.29 is 14.3 Å². The lowest BCUT2D eigenvalue weighted by Gasteiger charge is -2.28. The molecule has 5 nitrogen and oxygen atoms in total. The number of methoxy groups -OCH3 is 2. The summed E-state index contributed by atoms with van der Waals surface area (Å²) >= 11 is 0. The Kier molecular flexibility index (Phi) is 3.84. The van der Waals surface area contributed by atoms with E-state index in [0.29, 0.717) is 30.2 Å². The number of ether oxygens (including phenoxy) is 2. The van der Waals surface area contributed by atoms with Crippen molar-refractivity contribution in [2.45, 2.75) is 13.0 Å². The van der Waals surface area contributed by atoms with Crippen LogP contribution in [-0.2, 0) is 13.0 Å². The van der Waals surface area contributed by atoms with Gasteiger partial charge in [0.05, 0.1) is 19.8 Å². The summed E-state index contributed by atoms with van der Waals surface area (Å²) in [6.45, 7) is 1.28. The average molecular weight is 336 g/mol. The zero-order valence-electron chi connectivity index (χ0n) is 14.3. The Labute approximate surface area is 146 Å². The molecule has 0 atom stereocenters. The summed E-state index contributed by atoms with van der Waals surface area (Å²) < 4.78 is 10.6. The van der Waals surface area contributed by atoms with E-state index in [1.165, 1.54) is 16.6 Å². The predicted molar refractivity (Wildman–Crippen MR) is 96.3 cm³/mol. The summed E-state index contributed by atoms with van der Waals surface area (Å²) in [5.41, 5.74) is 4.09. The molecule has 0 unspecified atom stereocenters. The van der Waals surface area contributed by atoms with E-state index in [1.807, 2.05) is 17.0 Å². The van der Waals surface area contributed by atoms with Crippen molar-refractivity contribution in [2.75, 3.05) is 20.8 Å². The molecule has 0 aliphatic carbocycles. The van der Waals surface area contributed by atoms with Crippen molar-refractivity contribution in [1.29, 1.82) is 0 Å². The summed E-state index contributed by atoms with van der Waals surface area (Å²) in [5.74, 6) is 1.18. The molecular formula is C20H20N2O3. The van der Waals surface area contributed by atoms with Crippen LogP contribution in [0.1, 0.15) is 21.6 Å². The van der Waals surface area contributed by atoms with Gasteiger partial charge in [0.1, 0.15) is 11.5 Å². The molecule has 5 heteroatoms. The Morgan fingerprint density at radius 3 is 2.76 bits per heavy atom. The molecule has 2 aromatic carbocycles. The normalized spacial score (nSPS) is 13.6. The number of benzene rings is 2. The number of fused-ring (bicyclic) bond motifs is 3. The summed E-state index contributed by atoms with van der Waals surface area (Å²) in [6, 6.07) is 13.5. The third-order valence-electron chi connectivity index (χ3n) is 4.81. The van der Waals surface area contributed by atoms with Crippen LogP contribution in [0, 0.1) is 0 Å². The summed E-state index contributed by atoms with van der Waals surface area (Å²) in [5, 5.41) is 1.19. The molecule has 3 aromatic rings. The molecule has 1 N–H and O–H groups in total. The Hall–Kier alpha value is -2.95. The third-order valence-corrected chi connectivity index (χ3v) is 4.81. The minimum atomic E-state index is -0.0355. The van der Waals surface area contributed by atoms with E-state index in [9.17, 15) is 4.79 Å². The molecule has 128 valence electrons. The van der Waals surface area contributed by atoms with Crippen LogP contribution in [0.2, 0.25) is 0 Å². The van der Waals surface area contributed by atoms with Gasteiger partial charge in [0.2, 0.25) is 0 Å². The molecule has 0 spiro atoms. The summed E-state index contributed by atoms with van der Waals surface area (Å²) in [7, 11) is 3.17. The molecule has 1 aliphatic heterocycles. The van der Waals surface area contributed by atoms with Crippen LogP contribution in [0.5, 0.6) is 11.5 Å². The van der Waals surface area contributed by atoms with Gasteiger partial charge in [-0.2, -0.15) is 0 Å². The fourth-order valence-corrected chi connectivity index (χ4v) is 3.49. The molecular weight excluding hydrogens is 316 g/mol. The average Bonchev–Trinajstić information content (AvgIpc) is 3.04. The zero-order chi connectivity index (χ0) is 17.4. The minimum absolute atomic E-state index is 0.0355. The van der Waals surface area contributed by atoms with E-state index in [4.69, 9.17) is 9.47 Å². The van der Waals surface area contributed by atoms with Gasteiger partial charge in [-0.3, -0.25) is 4.79 Å². The Bertz CT molecular complexity index is 945. The number of carbonyl (C=O) groups is 1. The number of hydrogen-bond donors (Lipinski definition) is 1. The standard InChI is InChI=1S/C20H20N2O3/c1-24-13-7-8-19(25-2)15(11-13)20(23)22-10-9-18-16(12-22)14-5-3-4-6-17(14)21-18/h3-8,11,21H,9-10,12H2,1-2H3. The Balaban J connectivity index is 1.68. The first-order valence-corrected chi connectivity index (χ1v) is 8.31. The van der Waals surface area contributed by atoms with Gasteiger partial charge in [0, 0.05) is 41.7 Å². The highest BCUT2D eigenvalue weighted by Gasteiger charge is 2.26. The molecule has 0 saturated heterocycles. The monoisotopic (exact) mass is 336 g/mol. The van der Waals surface area contributed by atoms with Crippen LogP contribution >= 0.6 is 0 Å². The number of amides is 1. The number of para-hydroxylation sites is 1. The van der Waals surface area contributed by atoms with Gasteiger partial charge in [0.25, 0.3) is 5.91 Å². The van der Waals surface area contributed by atoms with Gasteiger partial charge >= 0.3 is 0 Å². The Morgan fingerprint density at radius 1 is 1.12 bits per heavy atom. The van der Waals surface area contributed by atoms with Crippen LogP contribution in [0.3, 0.4) is 0 Å². The molecule has 1 amide bonds. The second-order valence-corrected chi connectivity index (χ2v) is 6.17. The topological polar surface area (TPSA) is 54.6 Å². The van der Waals surface area contributed by atoms with E-state index < -0.39 is 0 Å². The predicted octanol–water partition coefficient (Wildman–Crippen LogP) is 3.38. The van der Waals surface area contributed by atoms with E-state index in [1.54, 1.807) is 32.4 Å².